The molecule has 0 spiro atoms. The summed E-state index contributed by atoms with van der Waals surface area (Å²) in [6.07, 6.45) is 0. The molecule has 0 aliphatic carbocycles. The Kier molecular flexibility index (Phi) is 6.99. The third-order valence-electron chi connectivity index (χ3n) is 1.20. The Morgan fingerprint density at radius 2 is 1.00 bits per heavy atom. The van der Waals surface area contributed by atoms with Crippen molar-refractivity contribution in [2.45, 2.75) is 10.5 Å². The van der Waals surface area contributed by atoms with E-state index in [0.29, 0.717) is 0 Å². The number of rotatable bonds is 6. The van der Waals surface area contributed by atoms with Crippen molar-refractivity contribution >= 4 is 11.8 Å². The molecular weight excluding hydrogens is 168 g/mol. The molecule has 0 saturated heterocycles. The SMILES string of the molecule is OCC(CO)SC(CO)CO. The normalized spacial score (nSPS) is 11.5. The van der Waals surface area contributed by atoms with Gasteiger partial charge in [0, 0.05) is 0 Å². The molecule has 0 heterocycles. The van der Waals surface area contributed by atoms with Crippen molar-refractivity contribution < 1.29 is 20.4 Å². The Balaban J connectivity index is 3.58. The highest BCUT2D eigenvalue weighted by Crippen LogP contribution is 2.16. The van der Waals surface area contributed by atoms with Crippen molar-refractivity contribution in [3.8, 4) is 0 Å². The minimum absolute atomic E-state index is 0.141. The highest BCUT2D eigenvalue weighted by atomic mass is 32.2. The van der Waals surface area contributed by atoms with Gasteiger partial charge < -0.3 is 20.4 Å². The van der Waals surface area contributed by atoms with Crippen molar-refractivity contribution in [2.75, 3.05) is 26.4 Å². The standard InChI is InChI=1S/C6H14O4S/c7-1-5(2-8)11-6(3-9)4-10/h5-10H,1-4H2. The number of aliphatic hydroxyl groups is 4. The van der Waals surface area contributed by atoms with E-state index in [4.69, 9.17) is 20.4 Å². The molecule has 0 unspecified atom stereocenters. The molecule has 0 amide bonds. The van der Waals surface area contributed by atoms with Crippen LogP contribution in [0.1, 0.15) is 0 Å². The molecule has 0 aliphatic rings. The van der Waals surface area contributed by atoms with Crippen molar-refractivity contribution in [2.24, 2.45) is 0 Å². The van der Waals surface area contributed by atoms with E-state index in [0.717, 1.165) is 0 Å². The molecule has 5 heteroatoms. The quantitative estimate of drug-likeness (QED) is 0.399. The highest BCUT2D eigenvalue weighted by molar-refractivity contribution is 8.00. The van der Waals surface area contributed by atoms with Crippen LogP contribution in [0, 0.1) is 0 Å². The average molecular weight is 182 g/mol. The third-order valence-corrected chi connectivity index (χ3v) is 2.57. The van der Waals surface area contributed by atoms with Crippen LogP contribution >= 0.6 is 11.8 Å². The van der Waals surface area contributed by atoms with Crippen LogP contribution in [-0.4, -0.2) is 57.4 Å². The van der Waals surface area contributed by atoms with Gasteiger partial charge in [-0.2, -0.15) is 0 Å². The van der Waals surface area contributed by atoms with E-state index in [1.807, 2.05) is 0 Å². The van der Waals surface area contributed by atoms with E-state index in [1.165, 1.54) is 11.8 Å². The lowest BCUT2D eigenvalue weighted by Gasteiger charge is -2.16. The second-order valence-corrected chi connectivity index (χ2v) is 3.72. The summed E-state index contributed by atoms with van der Waals surface area (Å²) in [5.41, 5.74) is 0. The molecule has 68 valence electrons. The first-order chi connectivity index (χ1) is 5.28. The Hall–Kier alpha value is 0.190. The van der Waals surface area contributed by atoms with E-state index in [9.17, 15) is 0 Å². The van der Waals surface area contributed by atoms with Crippen molar-refractivity contribution in [1.29, 1.82) is 0 Å². The molecule has 0 aromatic heterocycles. The lowest BCUT2D eigenvalue weighted by molar-refractivity contribution is 0.217. The van der Waals surface area contributed by atoms with Crippen molar-refractivity contribution in [3.63, 3.8) is 0 Å². The van der Waals surface area contributed by atoms with E-state index >= 15 is 0 Å². The second-order valence-electron chi connectivity index (χ2n) is 2.11. The van der Waals surface area contributed by atoms with E-state index < -0.39 is 0 Å². The summed E-state index contributed by atoms with van der Waals surface area (Å²) in [4.78, 5) is 0. The molecule has 11 heavy (non-hydrogen) atoms. The van der Waals surface area contributed by atoms with Crippen LogP contribution in [0.5, 0.6) is 0 Å². The van der Waals surface area contributed by atoms with Gasteiger partial charge in [-0.25, -0.2) is 0 Å². The Labute approximate surface area is 69.9 Å². The first-order valence-corrected chi connectivity index (χ1v) is 4.31. The minimum atomic E-state index is -0.306. The molecule has 0 bridgehead atoms. The van der Waals surface area contributed by atoms with Gasteiger partial charge in [0.2, 0.25) is 0 Å². The average Bonchev–Trinajstić information content (AvgIpc) is 2.07. The van der Waals surface area contributed by atoms with Gasteiger partial charge in [0.05, 0.1) is 36.9 Å². The summed E-state index contributed by atoms with van der Waals surface area (Å²) in [6.45, 7) is -0.565. The van der Waals surface area contributed by atoms with Crippen LogP contribution in [0.3, 0.4) is 0 Å². The first kappa shape index (κ1) is 11.2. The van der Waals surface area contributed by atoms with Gasteiger partial charge in [-0.3, -0.25) is 0 Å². The molecule has 0 aromatic carbocycles. The van der Waals surface area contributed by atoms with Gasteiger partial charge in [0.1, 0.15) is 0 Å². The summed E-state index contributed by atoms with van der Waals surface area (Å²) in [7, 11) is 0. The molecular formula is C6H14O4S. The monoisotopic (exact) mass is 182 g/mol. The van der Waals surface area contributed by atoms with Crippen LogP contribution in [-0.2, 0) is 0 Å². The number of hydrogen-bond acceptors (Lipinski definition) is 5. The molecule has 4 N–H and O–H groups in total. The van der Waals surface area contributed by atoms with Gasteiger partial charge in [0.25, 0.3) is 0 Å². The van der Waals surface area contributed by atoms with Gasteiger partial charge >= 0.3 is 0 Å². The van der Waals surface area contributed by atoms with Gasteiger partial charge in [-0.1, -0.05) is 0 Å². The smallest absolute Gasteiger partial charge is 0.0572 e. The number of thioether (sulfide) groups is 1. The van der Waals surface area contributed by atoms with E-state index in [2.05, 4.69) is 0 Å². The fraction of sp³-hybridized carbons (Fsp3) is 1.00. The summed E-state index contributed by atoms with van der Waals surface area (Å²) >= 11 is 1.19. The van der Waals surface area contributed by atoms with Crippen LogP contribution in [0.25, 0.3) is 0 Å². The fourth-order valence-electron chi connectivity index (χ4n) is 0.560. The predicted molar refractivity (Wildman–Crippen MR) is 43.5 cm³/mol. The Bertz CT molecular complexity index is 72.7. The Morgan fingerprint density at radius 1 is 0.727 bits per heavy atom. The largest absolute Gasteiger partial charge is 0.395 e. The topological polar surface area (TPSA) is 80.9 Å². The molecule has 0 fully saturated rings. The minimum Gasteiger partial charge on any atom is -0.395 e. The maximum Gasteiger partial charge on any atom is 0.0572 e. The lowest BCUT2D eigenvalue weighted by atomic mass is 10.5. The third kappa shape index (κ3) is 4.60. The lowest BCUT2D eigenvalue weighted by Crippen LogP contribution is -2.23. The van der Waals surface area contributed by atoms with Gasteiger partial charge in [-0.05, 0) is 0 Å². The molecule has 4 nitrogen and oxygen atoms in total. The van der Waals surface area contributed by atoms with Crippen LogP contribution < -0.4 is 0 Å². The maximum atomic E-state index is 8.62. The van der Waals surface area contributed by atoms with Gasteiger partial charge in [0.15, 0.2) is 0 Å². The molecule has 0 rings (SSSR count). The number of hydrogen-bond donors (Lipinski definition) is 4. The second kappa shape index (κ2) is 6.87. The summed E-state index contributed by atoms with van der Waals surface area (Å²) in [6, 6.07) is 0. The van der Waals surface area contributed by atoms with Crippen LogP contribution in [0.2, 0.25) is 0 Å². The van der Waals surface area contributed by atoms with Crippen molar-refractivity contribution in [3.05, 3.63) is 0 Å². The zero-order valence-corrected chi connectivity index (χ0v) is 7.00. The predicted octanol–water partition coefficient (Wildman–Crippen LogP) is -1.57. The van der Waals surface area contributed by atoms with E-state index in [1.54, 1.807) is 0 Å². The molecule has 0 saturated carbocycles. The molecule has 0 aliphatic heterocycles. The molecule has 0 atom stereocenters. The number of aliphatic hydroxyl groups excluding tert-OH is 4. The van der Waals surface area contributed by atoms with Crippen molar-refractivity contribution in [1.82, 2.24) is 0 Å². The highest BCUT2D eigenvalue weighted by Gasteiger charge is 2.13. The maximum absolute atomic E-state index is 8.62. The Morgan fingerprint density at radius 3 is 1.18 bits per heavy atom. The summed E-state index contributed by atoms with van der Waals surface area (Å²) < 4.78 is 0. The first-order valence-electron chi connectivity index (χ1n) is 3.37. The van der Waals surface area contributed by atoms with E-state index in [-0.39, 0.29) is 36.9 Å². The van der Waals surface area contributed by atoms with Crippen LogP contribution in [0.15, 0.2) is 0 Å². The van der Waals surface area contributed by atoms with Gasteiger partial charge in [-0.15, -0.1) is 11.8 Å². The molecule has 0 radical (unpaired) electrons. The molecule has 0 aromatic rings. The summed E-state index contributed by atoms with van der Waals surface area (Å²) in [5.74, 6) is 0. The zero-order valence-electron chi connectivity index (χ0n) is 6.18. The zero-order chi connectivity index (χ0) is 8.69. The fourth-order valence-corrected chi connectivity index (χ4v) is 1.45. The summed E-state index contributed by atoms with van der Waals surface area (Å²) in [5, 5.41) is 33.9. The van der Waals surface area contributed by atoms with Crippen LogP contribution in [0.4, 0.5) is 0 Å².